The third-order valence-corrected chi connectivity index (χ3v) is 5.32. The zero-order valence-corrected chi connectivity index (χ0v) is 15.9. The number of carbonyl (C=O) groups excluding carboxylic acids is 1. The van der Waals surface area contributed by atoms with Crippen LogP contribution >= 0.6 is 0 Å². The summed E-state index contributed by atoms with van der Waals surface area (Å²) in [6.07, 6.45) is 7.71. The molecule has 144 valence electrons. The average Bonchev–Trinajstić information content (AvgIpc) is 3.33. The highest BCUT2D eigenvalue weighted by molar-refractivity contribution is 6.12. The summed E-state index contributed by atoms with van der Waals surface area (Å²) >= 11 is 0. The van der Waals surface area contributed by atoms with Gasteiger partial charge in [0.2, 0.25) is 5.78 Å². The highest BCUT2D eigenvalue weighted by Crippen LogP contribution is 2.38. The third-order valence-electron chi connectivity index (χ3n) is 5.32. The van der Waals surface area contributed by atoms with Crippen LogP contribution < -0.4 is 14.4 Å². The summed E-state index contributed by atoms with van der Waals surface area (Å²) in [4.78, 5) is 14.1. The first-order chi connectivity index (χ1) is 13.7. The van der Waals surface area contributed by atoms with Crippen molar-refractivity contribution in [2.75, 3.05) is 20.2 Å². The number of Topliss-reactive ketones (excluding diaryl/α,β-unsaturated/α-hetero) is 1. The number of ether oxygens (including phenoxy) is 2. The normalized spacial score (nSPS) is 18.0. The number of rotatable bonds is 5. The lowest BCUT2D eigenvalue weighted by atomic mass is 10.0. The highest BCUT2D eigenvalue weighted by atomic mass is 16.5. The number of methoxy groups -OCH3 is 1. The number of phenolic OH excluding ortho intramolecular Hbond substituents is 1. The molecule has 1 saturated heterocycles. The second-order valence-electron chi connectivity index (χ2n) is 7.14. The van der Waals surface area contributed by atoms with E-state index in [1.807, 2.05) is 30.3 Å². The highest BCUT2D eigenvalue weighted by Gasteiger charge is 2.32. The van der Waals surface area contributed by atoms with Gasteiger partial charge in [-0.25, -0.2) is 0 Å². The van der Waals surface area contributed by atoms with Gasteiger partial charge in [0.25, 0.3) is 0 Å². The maximum Gasteiger partial charge on any atom is 0.231 e. The van der Waals surface area contributed by atoms with Crippen LogP contribution in [-0.2, 0) is 6.54 Å². The molecule has 2 aromatic carbocycles. The number of fused-ring (bicyclic) bond motifs is 1. The standard InChI is InChI=1S/C23H23NO4/c1-27-20-9-3-2-7-16(20)8-6-10-21-22(26)17-11-12-19(25)18(23(17)28-21)15-24-13-4-5-14-24/h2-3,6-12,25H,4-5,13-15H2,1H3/p+1. The zero-order chi connectivity index (χ0) is 19.5. The quantitative estimate of drug-likeness (QED) is 0.786. The van der Waals surface area contributed by atoms with Crippen molar-refractivity contribution in [3.63, 3.8) is 0 Å². The molecule has 0 aliphatic carbocycles. The Kier molecular flexibility index (Phi) is 5.17. The number of hydrogen-bond acceptors (Lipinski definition) is 4. The van der Waals surface area contributed by atoms with Crippen LogP contribution in [-0.4, -0.2) is 31.1 Å². The lowest BCUT2D eigenvalue weighted by molar-refractivity contribution is -0.901. The number of nitrogens with one attached hydrogen (secondary N) is 1. The van der Waals surface area contributed by atoms with Gasteiger partial charge in [0, 0.05) is 18.4 Å². The second kappa shape index (κ2) is 7.90. The van der Waals surface area contributed by atoms with E-state index in [2.05, 4.69) is 0 Å². The Morgan fingerprint density at radius 3 is 2.75 bits per heavy atom. The van der Waals surface area contributed by atoms with Crippen LogP contribution in [0.5, 0.6) is 17.2 Å². The first-order valence-corrected chi connectivity index (χ1v) is 9.59. The Bertz CT molecular complexity index is 955. The number of aromatic hydroxyl groups is 1. The molecule has 2 aliphatic heterocycles. The minimum atomic E-state index is -0.155. The van der Waals surface area contributed by atoms with Crippen LogP contribution in [0.4, 0.5) is 0 Å². The van der Waals surface area contributed by atoms with E-state index in [4.69, 9.17) is 9.47 Å². The minimum absolute atomic E-state index is 0.155. The van der Waals surface area contributed by atoms with Crippen LogP contribution in [0.15, 0.2) is 54.3 Å². The molecule has 0 radical (unpaired) electrons. The van der Waals surface area contributed by atoms with Crippen molar-refractivity contribution in [3.8, 4) is 17.2 Å². The van der Waals surface area contributed by atoms with E-state index >= 15 is 0 Å². The van der Waals surface area contributed by atoms with E-state index in [0.717, 1.165) is 30.0 Å². The molecule has 0 saturated carbocycles. The molecule has 2 heterocycles. The maximum atomic E-state index is 12.7. The summed E-state index contributed by atoms with van der Waals surface area (Å²) < 4.78 is 11.2. The Labute approximate surface area is 164 Å². The summed E-state index contributed by atoms with van der Waals surface area (Å²) in [5.74, 6) is 1.57. The number of ketones is 1. The number of hydrogen-bond donors (Lipinski definition) is 2. The predicted octanol–water partition coefficient (Wildman–Crippen LogP) is 2.75. The molecule has 5 heteroatoms. The van der Waals surface area contributed by atoms with Crippen molar-refractivity contribution in [1.82, 2.24) is 0 Å². The number of quaternary nitrogens is 1. The first kappa shape index (κ1) is 18.3. The minimum Gasteiger partial charge on any atom is -0.507 e. The van der Waals surface area contributed by atoms with Crippen molar-refractivity contribution in [2.45, 2.75) is 19.4 Å². The molecular formula is C23H24NO4+. The van der Waals surface area contributed by atoms with Gasteiger partial charge in [-0.2, -0.15) is 0 Å². The summed E-state index contributed by atoms with van der Waals surface area (Å²) in [5.41, 5.74) is 2.16. The number of para-hydroxylation sites is 1. The van der Waals surface area contributed by atoms with Gasteiger partial charge in [-0.1, -0.05) is 30.4 Å². The van der Waals surface area contributed by atoms with Crippen LogP contribution in [0.1, 0.15) is 34.3 Å². The third kappa shape index (κ3) is 3.53. The lowest BCUT2D eigenvalue weighted by Gasteiger charge is -2.15. The monoisotopic (exact) mass is 378 g/mol. The smallest absolute Gasteiger partial charge is 0.231 e. The largest absolute Gasteiger partial charge is 0.507 e. The Morgan fingerprint density at radius 1 is 1.18 bits per heavy atom. The molecule has 0 amide bonds. The summed E-state index contributed by atoms with van der Waals surface area (Å²) in [6, 6.07) is 10.9. The number of allylic oxidation sites excluding steroid dienone is 3. The Hall–Kier alpha value is -3.05. The molecule has 28 heavy (non-hydrogen) atoms. The van der Waals surface area contributed by atoms with Gasteiger partial charge in [-0.15, -0.1) is 0 Å². The summed E-state index contributed by atoms with van der Waals surface area (Å²) in [6.45, 7) is 2.84. The van der Waals surface area contributed by atoms with Crippen LogP contribution in [0, 0.1) is 0 Å². The lowest BCUT2D eigenvalue weighted by Crippen LogP contribution is -3.08. The SMILES string of the molecule is COc1ccccc1C=CC=C1Oc2c(ccc(O)c2C[NH+]2CCCC2)C1=O. The molecule has 0 bridgehead atoms. The van der Waals surface area contributed by atoms with E-state index < -0.39 is 0 Å². The molecule has 2 aliphatic rings. The molecule has 1 fully saturated rings. The molecule has 4 rings (SSSR count). The Morgan fingerprint density at radius 2 is 1.96 bits per heavy atom. The number of benzene rings is 2. The fourth-order valence-corrected chi connectivity index (χ4v) is 3.83. The number of carbonyl (C=O) groups is 1. The van der Waals surface area contributed by atoms with Gasteiger partial charge in [-0.3, -0.25) is 4.79 Å². The van der Waals surface area contributed by atoms with Crippen LogP contribution in [0.25, 0.3) is 6.08 Å². The van der Waals surface area contributed by atoms with Gasteiger partial charge >= 0.3 is 0 Å². The molecule has 2 N–H and O–H groups in total. The fraction of sp³-hybridized carbons (Fsp3) is 0.261. The van der Waals surface area contributed by atoms with Crippen LogP contribution in [0.2, 0.25) is 0 Å². The summed E-state index contributed by atoms with van der Waals surface area (Å²) in [7, 11) is 1.63. The maximum absolute atomic E-state index is 12.7. The molecular weight excluding hydrogens is 354 g/mol. The molecule has 2 aromatic rings. The predicted molar refractivity (Wildman–Crippen MR) is 107 cm³/mol. The fourth-order valence-electron chi connectivity index (χ4n) is 3.83. The van der Waals surface area contributed by atoms with Gasteiger partial charge in [0.05, 0.1) is 31.3 Å². The topological polar surface area (TPSA) is 60.2 Å². The first-order valence-electron chi connectivity index (χ1n) is 9.59. The van der Waals surface area contributed by atoms with Gasteiger partial charge in [-0.05, 0) is 24.3 Å². The van der Waals surface area contributed by atoms with Crippen molar-refractivity contribution >= 4 is 11.9 Å². The van der Waals surface area contributed by atoms with Crippen molar-refractivity contribution in [2.24, 2.45) is 0 Å². The molecule has 0 unspecified atom stereocenters. The number of phenols is 1. The number of likely N-dealkylation sites (tertiary alicyclic amines) is 1. The second-order valence-corrected chi connectivity index (χ2v) is 7.14. The Balaban J connectivity index is 1.58. The summed E-state index contributed by atoms with van der Waals surface area (Å²) in [5, 5.41) is 10.3. The average molecular weight is 378 g/mol. The van der Waals surface area contributed by atoms with Crippen molar-refractivity contribution in [3.05, 3.63) is 71.0 Å². The van der Waals surface area contributed by atoms with E-state index in [1.54, 1.807) is 31.4 Å². The van der Waals surface area contributed by atoms with Gasteiger partial charge in [0.1, 0.15) is 18.0 Å². The van der Waals surface area contributed by atoms with E-state index in [1.165, 1.54) is 17.7 Å². The van der Waals surface area contributed by atoms with Crippen molar-refractivity contribution in [1.29, 1.82) is 0 Å². The van der Waals surface area contributed by atoms with E-state index in [-0.39, 0.29) is 17.3 Å². The van der Waals surface area contributed by atoms with Crippen molar-refractivity contribution < 1.29 is 24.3 Å². The van der Waals surface area contributed by atoms with Gasteiger partial charge < -0.3 is 19.5 Å². The zero-order valence-electron chi connectivity index (χ0n) is 15.9. The van der Waals surface area contributed by atoms with E-state index in [9.17, 15) is 9.90 Å². The van der Waals surface area contributed by atoms with Gasteiger partial charge in [0.15, 0.2) is 11.5 Å². The molecule has 0 atom stereocenters. The van der Waals surface area contributed by atoms with E-state index in [0.29, 0.717) is 17.9 Å². The molecule has 0 aromatic heterocycles. The van der Waals surface area contributed by atoms with Crippen LogP contribution in [0.3, 0.4) is 0 Å². The molecule has 0 spiro atoms. The molecule has 5 nitrogen and oxygen atoms in total.